The Hall–Kier alpha value is -4.57. The summed E-state index contributed by atoms with van der Waals surface area (Å²) in [6, 6.07) is 14.1. The van der Waals surface area contributed by atoms with Crippen LogP contribution >= 0.6 is 0 Å². The van der Waals surface area contributed by atoms with E-state index in [0.29, 0.717) is 34.2 Å². The number of carbonyl (C=O) groups is 2. The Morgan fingerprint density at radius 2 is 1.95 bits per heavy atom. The molecule has 2 aromatic carbocycles. The predicted molar refractivity (Wildman–Crippen MR) is 149 cm³/mol. The summed E-state index contributed by atoms with van der Waals surface area (Å²) >= 11 is 0. The van der Waals surface area contributed by atoms with Gasteiger partial charge in [0.2, 0.25) is 11.8 Å². The molecule has 1 amide bonds. The average molecular weight is 525 g/mol. The largest absolute Gasteiger partial charge is 0.487 e. The van der Waals surface area contributed by atoms with Gasteiger partial charge in [-0.25, -0.2) is 9.78 Å². The van der Waals surface area contributed by atoms with E-state index in [1.807, 2.05) is 51.1 Å². The van der Waals surface area contributed by atoms with Crippen LogP contribution in [0.5, 0.6) is 5.75 Å². The zero-order chi connectivity index (χ0) is 28.3. The number of terminal acetylenes is 1. The fraction of sp³-hybridized carbons (Fsp3) is 0.281. The number of benzene rings is 2. The van der Waals surface area contributed by atoms with Crippen molar-refractivity contribution in [1.82, 2.24) is 9.88 Å². The minimum absolute atomic E-state index is 0.159. The van der Waals surface area contributed by atoms with Crippen molar-refractivity contribution in [2.45, 2.75) is 59.1 Å². The second kappa shape index (κ2) is 11.0. The lowest BCUT2D eigenvalue weighted by atomic mass is 9.82. The molecule has 1 N–H and O–H groups in total. The molecule has 0 aliphatic carbocycles. The normalized spacial score (nSPS) is 15.6. The summed E-state index contributed by atoms with van der Waals surface area (Å²) in [6.45, 7) is 9.38. The minimum Gasteiger partial charge on any atom is -0.487 e. The maximum Gasteiger partial charge on any atom is 0.327 e. The van der Waals surface area contributed by atoms with Gasteiger partial charge in [0.05, 0.1) is 11.1 Å². The Morgan fingerprint density at radius 1 is 1.23 bits per heavy atom. The van der Waals surface area contributed by atoms with E-state index < -0.39 is 23.3 Å². The Labute approximate surface area is 228 Å². The fourth-order valence-corrected chi connectivity index (χ4v) is 4.59. The van der Waals surface area contributed by atoms with Crippen LogP contribution in [0.3, 0.4) is 0 Å². The molecule has 1 aromatic heterocycles. The number of carboxylic acids is 1. The number of hydrogen-bond acceptors (Lipinski definition) is 5. The second-order valence-corrected chi connectivity index (χ2v) is 10.1. The number of ether oxygens (including phenoxy) is 1. The van der Waals surface area contributed by atoms with Gasteiger partial charge in [-0.3, -0.25) is 9.69 Å². The summed E-state index contributed by atoms with van der Waals surface area (Å²) in [5.74, 6) is 2.78. The number of aliphatic carboxylic acids is 1. The van der Waals surface area contributed by atoms with Gasteiger partial charge in [0.15, 0.2) is 0 Å². The second-order valence-electron chi connectivity index (χ2n) is 10.1. The number of carboxylic acid groups (broad SMARTS) is 1. The zero-order valence-electron chi connectivity index (χ0n) is 22.8. The van der Waals surface area contributed by atoms with Gasteiger partial charge in [0, 0.05) is 12.0 Å². The van der Waals surface area contributed by atoms with Gasteiger partial charge in [-0.1, -0.05) is 47.9 Å². The molecule has 0 radical (unpaired) electrons. The van der Waals surface area contributed by atoms with Crippen LogP contribution in [0, 0.1) is 26.2 Å². The van der Waals surface area contributed by atoms with Crippen LogP contribution in [0.25, 0.3) is 11.5 Å². The Kier molecular flexibility index (Phi) is 7.78. The van der Waals surface area contributed by atoms with Gasteiger partial charge in [-0.2, -0.15) is 0 Å². The number of oxazole rings is 1. The van der Waals surface area contributed by atoms with Crippen molar-refractivity contribution in [1.29, 1.82) is 0 Å². The van der Waals surface area contributed by atoms with E-state index in [0.717, 1.165) is 11.1 Å². The molecule has 3 aromatic rings. The minimum atomic E-state index is -1.10. The van der Waals surface area contributed by atoms with Gasteiger partial charge < -0.3 is 14.3 Å². The van der Waals surface area contributed by atoms with E-state index in [1.165, 1.54) is 4.90 Å². The monoisotopic (exact) mass is 524 g/mol. The van der Waals surface area contributed by atoms with Gasteiger partial charge in [-0.15, -0.1) is 6.42 Å². The lowest BCUT2D eigenvalue weighted by Crippen LogP contribution is -2.48. The Morgan fingerprint density at radius 3 is 2.59 bits per heavy atom. The molecule has 0 saturated heterocycles. The highest BCUT2D eigenvalue weighted by atomic mass is 16.5. The van der Waals surface area contributed by atoms with Crippen molar-refractivity contribution in [2.24, 2.45) is 0 Å². The molecule has 0 saturated carbocycles. The first-order chi connectivity index (χ1) is 18.6. The first kappa shape index (κ1) is 27.5. The van der Waals surface area contributed by atoms with Crippen LogP contribution in [0.2, 0.25) is 0 Å². The average Bonchev–Trinajstić information content (AvgIpc) is 3.47. The van der Waals surface area contributed by atoms with E-state index in [9.17, 15) is 14.7 Å². The highest BCUT2D eigenvalue weighted by molar-refractivity contribution is 5.94. The first-order valence-electron chi connectivity index (χ1n) is 12.7. The van der Waals surface area contributed by atoms with Crippen LogP contribution < -0.4 is 4.74 Å². The van der Waals surface area contributed by atoms with Crippen molar-refractivity contribution in [2.75, 3.05) is 0 Å². The standard InChI is InChI=1S/C32H32N2O5/c1-7-10-23-17-28(30(35)36)34(27(23)8-2)31(37)32(5,6)24-11-9-12-25(18-24)38-19-26-21(4)39-29(33-26)22-15-13-20(3)14-16-22/h2,7,9-16,18,28H,17,19H2,1,3-6H3,(H,35,36)/b10-7-/t28-/m1/s1. The third-order valence-electron chi connectivity index (χ3n) is 6.94. The number of amides is 1. The molecule has 2 heterocycles. The number of hydrogen-bond donors (Lipinski definition) is 1. The molecule has 200 valence electrons. The molecule has 1 atom stereocenters. The van der Waals surface area contributed by atoms with Crippen LogP contribution in [0.15, 0.2) is 76.4 Å². The maximum absolute atomic E-state index is 13.8. The summed E-state index contributed by atoms with van der Waals surface area (Å²) in [5, 5.41) is 9.85. The maximum atomic E-state index is 13.8. The van der Waals surface area contributed by atoms with Crippen LogP contribution in [0.1, 0.15) is 49.8 Å². The quantitative estimate of drug-likeness (QED) is 0.365. The molecule has 7 nitrogen and oxygen atoms in total. The topological polar surface area (TPSA) is 92.9 Å². The van der Waals surface area contributed by atoms with Crippen LogP contribution in [0.4, 0.5) is 0 Å². The van der Waals surface area contributed by atoms with Crippen molar-refractivity contribution < 1.29 is 23.8 Å². The third kappa shape index (κ3) is 5.51. The SMILES string of the molecule is C#CC1=C(/C=C\C)C[C@H](C(=O)O)N1C(=O)C(C)(C)c1cccc(OCc2nc(-c3ccc(C)cc3)oc2C)c1. The third-order valence-corrected chi connectivity index (χ3v) is 6.94. The number of allylic oxidation sites excluding steroid dienone is 3. The van der Waals surface area contributed by atoms with Crippen LogP contribution in [-0.2, 0) is 21.6 Å². The lowest BCUT2D eigenvalue weighted by molar-refractivity contribution is -0.149. The van der Waals surface area contributed by atoms with E-state index >= 15 is 0 Å². The van der Waals surface area contributed by atoms with E-state index in [4.69, 9.17) is 15.6 Å². The molecule has 39 heavy (non-hydrogen) atoms. The van der Waals surface area contributed by atoms with Crippen molar-refractivity contribution in [3.63, 3.8) is 0 Å². The smallest absolute Gasteiger partial charge is 0.327 e. The van der Waals surface area contributed by atoms with E-state index in [-0.39, 0.29) is 18.7 Å². The predicted octanol–water partition coefficient (Wildman–Crippen LogP) is 5.96. The molecule has 4 rings (SSSR count). The highest BCUT2D eigenvalue weighted by Gasteiger charge is 2.45. The highest BCUT2D eigenvalue weighted by Crippen LogP contribution is 2.36. The zero-order valence-corrected chi connectivity index (χ0v) is 22.8. The van der Waals surface area contributed by atoms with Crippen LogP contribution in [-0.4, -0.2) is 32.9 Å². The summed E-state index contributed by atoms with van der Waals surface area (Å²) in [5.41, 5.74) is 3.24. The number of nitrogens with zero attached hydrogens (tertiary/aromatic N) is 2. The number of rotatable bonds is 8. The van der Waals surface area contributed by atoms with E-state index in [1.54, 1.807) is 44.2 Å². The fourth-order valence-electron chi connectivity index (χ4n) is 4.59. The Balaban J connectivity index is 1.56. The Bertz CT molecular complexity index is 1500. The molecule has 1 aliphatic heterocycles. The summed E-state index contributed by atoms with van der Waals surface area (Å²) in [6.07, 6.45) is 9.44. The molecular weight excluding hydrogens is 492 g/mol. The van der Waals surface area contributed by atoms with E-state index in [2.05, 4.69) is 10.9 Å². The van der Waals surface area contributed by atoms with Gasteiger partial charge in [-0.05, 0) is 70.0 Å². The lowest BCUT2D eigenvalue weighted by Gasteiger charge is -2.32. The van der Waals surface area contributed by atoms with Gasteiger partial charge in [0.1, 0.15) is 29.9 Å². The molecular formula is C32H32N2O5. The molecule has 7 heteroatoms. The summed E-state index contributed by atoms with van der Waals surface area (Å²) in [4.78, 5) is 31.7. The molecule has 0 fully saturated rings. The van der Waals surface area contributed by atoms with Crippen molar-refractivity contribution >= 4 is 11.9 Å². The molecule has 0 unspecified atom stereocenters. The molecule has 0 spiro atoms. The molecule has 1 aliphatic rings. The molecule has 0 bridgehead atoms. The number of carbonyl (C=O) groups excluding carboxylic acids is 1. The van der Waals surface area contributed by atoms with Gasteiger partial charge in [0.25, 0.3) is 0 Å². The van der Waals surface area contributed by atoms with Crippen molar-refractivity contribution in [3.05, 3.63) is 94.5 Å². The summed E-state index contributed by atoms with van der Waals surface area (Å²) in [7, 11) is 0. The first-order valence-corrected chi connectivity index (χ1v) is 12.7. The number of aromatic nitrogens is 1. The summed E-state index contributed by atoms with van der Waals surface area (Å²) < 4.78 is 11.9. The van der Waals surface area contributed by atoms with Gasteiger partial charge >= 0.3 is 5.97 Å². The number of aryl methyl sites for hydroxylation is 2. The van der Waals surface area contributed by atoms with Crippen molar-refractivity contribution in [3.8, 4) is 29.5 Å².